The molecule has 23 heavy (non-hydrogen) atoms. The average molecular weight is 329 g/mol. The van der Waals surface area contributed by atoms with Crippen molar-refractivity contribution >= 4 is 27.4 Å². The Labute approximate surface area is 136 Å². The third kappa shape index (κ3) is 2.99. The minimum Gasteiger partial charge on any atom is -0.281 e. The molecule has 1 aromatic heterocycles. The van der Waals surface area contributed by atoms with E-state index in [4.69, 9.17) is 0 Å². The number of nitrogens with zero attached hydrogens (tertiary/aromatic N) is 3. The van der Waals surface area contributed by atoms with E-state index in [1.807, 2.05) is 12.1 Å². The lowest BCUT2D eigenvalue weighted by Crippen LogP contribution is -2.30. The number of rotatable bonds is 4. The van der Waals surface area contributed by atoms with Gasteiger partial charge in [0, 0.05) is 11.9 Å². The van der Waals surface area contributed by atoms with Gasteiger partial charge >= 0.3 is 0 Å². The molecular weight excluding hydrogens is 310 g/mol. The van der Waals surface area contributed by atoms with E-state index in [2.05, 4.69) is 28.4 Å². The Kier molecular flexibility index (Phi) is 4.17. The van der Waals surface area contributed by atoms with Gasteiger partial charge in [0.1, 0.15) is 10.7 Å². The summed E-state index contributed by atoms with van der Waals surface area (Å²) in [6.07, 6.45) is 4.96. The number of aromatic nitrogens is 1. The van der Waals surface area contributed by atoms with Crippen molar-refractivity contribution in [3.63, 3.8) is 0 Å². The molecule has 120 valence electrons. The van der Waals surface area contributed by atoms with E-state index in [1.165, 1.54) is 11.6 Å². The maximum Gasteiger partial charge on any atom is 0.287 e. The first kappa shape index (κ1) is 15.7. The van der Waals surface area contributed by atoms with Crippen LogP contribution in [-0.4, -0.2) is 19.2 Å². The van der Waals surface area contributed by atoms with Crippen molar-refractivity contribution in [2.75, 3.05) is 4.90 Å². The summed E-state index contributed by atoms with van der Waals surface area (Å²) in [5.41, 5.74) is 2.14. The van der Waals surface area contributed by atoms with E-state index in [9.17, 15) is 8.42 Å². The van der Waals surface area contributed by atoms with Crippen LogP contribution in [0.15, 0.2) is 51.9 Å². The fourth-order valence-corrected chi connectivity index (χ4v) is 3.82. The molecule has 1 aromatic carbocycles. The van der Waals surface area contributed by atoms with Crippen LogP contribution in [-0.2, 0) is 16.4 Å². The highest BCUT2D eigenvalue weighted by Crippen LogP contribution is 2.34. The molecule has 2 aromatic rings. The third-order valence-electron chi connectivity index (χ3n) is 3.83. The van der Waals surface area contributed by atoms with Crippen LogP contribution in [0.3, 0.4) is 0 Å². The Balaban J connectivity index is 2.02. The van der Waals surface area contributed by atoms with Gasteiger partial charge in [-0.3, -0.25) is 4.90 Å². The van der Waals surface area contributed by atoms with E-state index in [0.29, 0.717) is 11.7 Å². The van der Waals surface area contributed by atoms with Crippen molar-refractivity contribution in [1.82, 2.24) is 4.98 Å². The summed E-state index contributed by atoms with van der Waals surface area (Å²) in [5, 5.41) is 0. The Bertz CT molecular complexity index is 842. The minimum atomic E-state index is -3.67. The van der Waals surface area contributed by atoms with Crippen molar-refractivity contribution in [3.8, 4) is 0 Å². The SMILES string of the molecule is CCCCc1ccc(N2C(C)=NS(=O)(=O)c3cccnc32)cc1. The van der Waals surface area contributed by atoms with Gasteiger partial charge in [-0.1, -0.05) is 25.5 Å². The number of hydrogen-bond acceptors (Lipinski definition) is 4. The lowest BCUT2D eigenvalue weighted by molar-refractivity contribution is 0.597. The zero-order valence-corrected chi connectivity index (χ0v) is 14.0. The van der Waals surface area contributed by atoms with Crippen molar-refractivity contribution in [2.24, 2.45) is 4.40 Å². The monoisotopic (exact) mass is 329 g/mol. The number of benzene rings is 1. The lowest BCUT2D eigenvalue weighted by atomic mass is 10.1. The Morgan fingerprint density at radius 2 is 1.87 bits per heavy atom. The predicted molar refractivity (Wildman–Crippen MR) is 91.7 cm³/mol. The summed E-state index contributed by atoms with van der Waals surface area (Å²) in [4.78, 5) is 6.18. The van der Waals surface area contributed by atoms with E-state index >= 15 is 0 Å². The van der Waals surface area contributed by atoms with Crippen molar-refractivity contribution in [2.45, 2.75) is 38.0 Å². The molecule has 0 spiro atoms. The lowest BCUT2D eigenvalue weighted by Gasteiger charge is -2.28. The zero-order valence-electron chi connectivity index (χ0n) is 13.2. The van der Waals surface area contributed by atoms with Gasteiger partial charge < -0.3 is 0 Å². The molecule has 3 rings (SSSR count). The molecule has 0 saturated heterocycles. The van der Waals surface area contributed by atoms with Gasteiger partial charge in [0.15, 0.2) is 5.82 Å². The van der Waals surface area contributed by atoms with Crippen molar-refractivity contribution in [1.29, 1.82) is 0 Å². The van der Waals surface area contributed by atoms with Gasteiger partial charge in [0.25, 0.3) is 10.0 Å². The Hall–Kier alpha value is -2.21. The molecule has 0 saturated carbocycles. The van der Waals surface area contributed by atoms with Crippen LogP contribution >= 0.6 is 0 Å². The predicted octanol–water partition coefficient (Wildman–Crippen LogP) is 3.68. The number of anilines is 2. The number of sulfonamides is 1. The molecule has 0 aliphatic carbocycles. The fraction of sp³-hybridized carbons (Fsp3) is 0.294. The van der Waals surface area contributed by atoms with E-state index in [1.54, 1.807) is 24.1 Å². The third-order valence-corrected chi connectivity index (χ3v) is 5.21. The van der Waals surface area contributed by atoms with Gasteiger partial charge in [0.05, 0.1) is 0 Å². The van der Waals surface area contributed by atoms with Gasteiger partial charge in [-0.25, -0.2) is 4.98 Å². The molecule has 2 heterocycles. The molecule has 5 nitrogen and oxygen atoms in total. The molecule has 0 amide bonds. The van der Waals surface area contributed by atoms with Gasteiger partial charge in [0.2, 0.25) is 0 Å². The number of fused-ring (bicyclic) bond motifs is 1. The van der Waals surface area contributed by atoms with Crippen LogP contribution < -0.4 is 4.90 Å². The number of aryl methyl sites for hydroxylation is 1. The van der Waals surface area contributed by atoms with Crippen molar-refractivity contribution in [3.05, 3.63) is 48.2 Å². The van der Waals surface area contributed by atoms with Crippen LogP contribution in [0, 0.1) is 0 Å². The maximum absolute atomic E-state index is 12.2. The van der Waals surface area contributed by atoms with E-state index in [0.717, 1.165) is 24.9 Å². The van der Waals surface area contributed by atoms with Gasteiger partial charge in [-0.15, -0.1) is 4.40 Å². The molecule has 6 heteroatoms. The summed E-state index contributed by atoms with van der Waals surface area (Å²) in [7, 11) is -3.67. The minimum absolute atomic E-state index is 0.139. The summed E-state index contributed by atoms with van der Waals surface area (Å²) >= 11 is 0. The molecule has 0 atom stereocenters. The summed E-state index contributed by atoms with van der Waals surface area (Å²) in [6, 6.07) is 11.3. The first-order chi connectivity index (χ1) is 11.0. The summed E-state index contributed by atoms with van der Waals surface area (Å²) < 4.78 is 28.2. The average Bonchev–Trinajstić information content (AvgIpc) is 2.53. The normalized spacial score (nSPS) is 15.9. The highest BCUT2D eigenvalue weighted by Gasteiger charge is 2.30. The first-order valence-corrected chi connectivity index (χ1v) is 9.12. The molecule has 0 bridgehead atoms. The Morgan fingerprint density at radius 3 is 2.57 bits per heavy atom. The largest absolute Gasteiger partial charge is 0.287 e. The topological polar surface area (TPSA) is 62.6 Å². The summed E-state index contributed by atoms with van der Waals surface area (Å²) in [6.45, 7) is 3.85. The summed E-state index contributed by atoms with van der Waals surface area (Å²) in [5.74, 6) is 0.804. The van der Waals surface area contributed by atoms with Crippen LogP contribution in [0.5, 0.6) is 0 Å². The molecule has 0 fully saturated rings. The first-order valence-electron chi connectivity index (χ1n) is 7.68. The highest BCUT2D eigenvalue weighted by atomic mass is 32.2. The van der Waals surface area contributed by atoms with Gasteiger partial charge in [-0.05, 0) is 49.6 Å². The second-order valence-corrected chi connectivity index (χ2v) is 7.12. The standard InChI is InChI=1S/C17H19N3O2S/c1-3-4-6-14-8-10-15(11-9-14)20-13(2)19-23(21,22)16-7-5-12-18-17(16)20/h5,7-12H,3-4,6H2,1-2H3. The van der Waals surface area contributed by atoms with Crippen LogP contribution in [0.2, 0.25) is 0 Å². The smallest absolute Gasteiger partial charge is 0.281 e. The number of pyridine rings is 1. The second kappa shape index (κ2) is 6.12. The number of hydrogen-bond donors (Lipinski definition) is 0. The molecule has 0 N–H and O–H groups in total. The van der Waals surface area contributed by atoms with Crippen molar-refractivity contribution < 1.29 is 8.42 Å². The maximum atomic E-state index is 12.2. The van der Waals surface area contributed by atoms with Crippen LogP contribution in [0.4, 0.5) is 11.5 Å². The number of amidine groups is 1. The quantitative estimate of drug-likeness (QED) is 0.858. The fourth-order valence-electron chi connectivity index (χ4n) is 2.67. The van der Waals surface area contributed by atoms with Crippen LogP contribution in [0.1, 0.15) is 32.3 Å². The molecule has 1 aliphatic rings. The second-order valence-electron chi connectivity index (χ2n) is 5.54. The van der Waals surface area contributed by atoms with Gasteiger partial charge in [-0.2, -0.15) is 8.42 Å². The van der Waals surface area contributed by atoms with Crippen LogP contribution in [0.25, 0.3) is 0 Å². The molecule has 0 radical (unpaired) electrons. The Morgan fingerprint density at radius 1 is 1.13 bits per heavy atom. The molecule has 0 unspecified atom stereocenters. The number of unbranched alkanes of at least 4 members (excludes halogenated alkanes) is 1. The molecule has 1 aliphatic heterocycles. The zero-order chi connectivity index (χ0) is 16.4. The highest BCUT2D eigenvalue weighted by molar-refractivity contribution is 7.90. The molecular formula is C17H19N3O2S. The van der Waals surface area contributed by atoms with E-state index in [-0.39, 0.29) is 4.90 Å². The van der Waals surface area contributed by atoms with E-state index < -0.39 is 10.0 Å².